The second-order valence-electron chi connectivity index (χ2n) is 9.68. The number of benzene rings is 3. The van der Waals surface area contributed by atoms with Crippen molar-refractivity contribution in [2.24, 2.45) is 0 Å². The molecule has 7 nitrogen and oxygen atoms in total. The van der Waals surface area contributed by atoms with E-state index in [0.29, 0.717) is 17.0 Å². The Hall–Kier alpha value is -4.22. The largest absolute Gasteiger partial charge is 0.446 e. The second kappa shape index (κ2) is 12.5. The highest BCUT2D eigenvalue weighted by Crippen LogP contribution is 2.28. The molecule has 0 fully saturated rings. The third-order valence-corrected chi connectivity index (χ3v) is 6.45. The minimum absolute atomic E-state index is 0.0579. The van der Waals surface area contributed by atoms with Crippen molar-refractivity contribution < 1.29 is 23.5 Å². The first kappa shape index (κ1) is 29.3. The quantitative estimate of drug-likeness (QED) is 0.329. The van der Waals surface area contributed by atoms with Crippen molar-refractivity contribution in [3.63, 3.8) is 0 Å². The lowest BCUT2D eigenvalue weighted by Gasteiger charge is -2.30. The van der Waals surface area contributed by atoms with Crippen molar-refractivity contribution in [2.45, 2.75) is 51.7 Å². The van der Waals surface area contributed by atoms with Crippen LogP contribution in [0.3, 0.4) is 0 Å². The number of nitriles is 1. The molecule has 202 valence electrons. The lowest BCUT2D eigenvalue weighted by molar-refractivity contribution is -0.138. The van der Waals surface area contributed by atoms with Gasteiger partial charge in [-0.3, -0.25) is 9.59 Å². The molecule has 3 aromatic carbocycles. The first-order chi connectivity index (χ1) is 18.4. The highest BCUT2D eigenvalue weighted by Gasteiger charge is 2.36. The number of nitrogens with one attached hydrogen (secondary N) is 2. The number of carbonyl (C=O) groups is 3. The molecule has 0 aliphatic rings. The SMILES string of the molecule is CC(=O)Nc1cccc(F)c1C(=O)OC(C)(C)C(=O)NC(C)C(Cc1ccc(Cl)cc1)c1cccc(C#N)c1. The Morgan fingerprint density at radius 3 is 2.38 bits per heavy atom. The zero-order valence-corrected chi connectivity index (χ0v) is 22.8. The number of amides is 2. The van der Waals surface area contributed by atoms with E-state index >= 15 is 0 Å². The summed E-state index contributed by atoms with van der Waals surface area (Å²) in [5.41, 5.74) is 0.0938. The van der Waals surface area contributed by atoms with Crippen molar-refractivity contribution in [1.82, 2.24) is 5.32 Å². The summed E-state index contributed by atoms with van der Waals surface area (Å²) in [6.07, 6.45) is 0.531. The van der Waals surface area contributed by atoms with Gasteiger partial charge in [-0.15, -0.1) is 0 Å². The molecule has 0 aliphatic carbocycles. The van der Waals surface area contributed by atoms with Crippen molar-refractivity contribution in [1.29, 1.82) is 5.26 Å². The number of hydrogen-bond acceptors (Lipinski definition) is 5. The lowest BCUT2D eigenvalue weighted by Crippen LogP contribution is -2.50. The van der Waals surface area contributed by atoms with Crippen LogP contribution in [-0.2, 0) is 20.7 Å². The molecule has 2 amide bonds. The molecular weight excluding hydrogens is 521 g/mol. The van der Waals surface area contributed by atoms with Gasteiger partial charge in [-0.1, -0.05) is 41.9 Å². The van der Waals surface area contributed by atoms with Gasteiger partial charge in [0.2, 0.25) is 5.91 Å². The minimum Gasteiger partial charge on any atom is -0.446 e. The van der Waals surface area contributed by atoms with Crippen LogP contribution in [0.4, 0.5) is 10.1 Å². The average Bonchev–Trinajstić information content (AvgIpc) is 2.87. The van der Waals surface area contributed by atoms with Crippen molar-refractivity contribution in [3.8, 4) is 6.07 Å². The average molecular weight is 550 g/mol. The molecule has 0 bridgehead atoms. The van der Waals surface area contributed by atoms with Gasteiger partial charge < -0.3 is 15.4 Å². The van der Waals surface area contributed by atoms with Crippen LogP contribution in [0.25, 0.3) is 0 Å². The third kappa shape index (κ3) is 7.65. The van der Waals surface area contributed by atoms with Crippen LogP contribution >= 0.6 is 11.6 Å². The molecular formula is C30H29ClFN3O4. The van der Waals surface area contributed by atoms with E-state index in [2.05, 4.69) is 16.7 Å². The Morgan fingerprint density at radius 2 is 1.74 bits per heavy atom. The minimum atomic E-state index is -1.68. The topological polar surface area (TPSA) is 108 Å². The smallest absolute Gasteiger partial charge is 0.344 e. The number of nitrogens with zero attached hydrogens (tertiary/aromatic N) is 1. The fraction of sp³-hybridized carbons (Fsp3) is 0.267. The van der Waals surface area contributed by atoms with E-state index in [-0.39, 0.29) is 11.6 Å². The van der Waals surface area contributed by atoms with Crippen LogP contribution < -0.4 is 10.6 Å². The monoisotopic (exact) mass is 549 g/mol. The summed E-state index contributed by atoms with van der Waals surface area (Å²) in [6.45, 7) is 5.85. The summed E-state index contributed by atoms with van der Waals surface area (Å²) >= 11 is 6.04. The summed E-state index contributed by atoms with van der Waals surface area (Å²) in [6, 6.07) is 20.0. The zero-order valence-electron chi connectivity index (χ0n) is 22.0. The number of anilines is 1. The molecule has 0 saturated carbocycles. The Bertz CT molecular complexity index is 1420. The molecule has 39 heavy (non-hydrogen) atoms. The standard InChI is InChI=1S/C30H29ClFN3O4/c1-18(24(16-20-11-13-23(31)14-12-20)22-8-5-7-21(15-22)17-33)34-29(38)30(3,4)39-28(37)27-25(32)9-6-10-26(27)35-19(2)36/h5-15,18,24H,16H2,1-4H3,(H,34,38)(H,35,36). The normalized spacial score (nSPS) is 12.5. The molecule has 9 heteroatoms. The molecule has 0 aliphatic heterocycles. The number of carbonyl (C=O) groups excluding carboxylic acids is 3. The number of halogens is 2. The maximum atomic E-state index is 14.5. The molecule has 3 aromatic rings. The van der Waals surface area contributed by atoms with E-state index in [1.807, 2.05) is 25.1 Å². The van der Waals surface area contributed by atoms with Gasteiger partial charge in [0, 0.05) is 23.9 Å². The first-order valence-electron chi connectivity index (χ1n) is 12.3. The predicted octanol–water partition coefficient (Wildman–Crippen LogP) is 5.78. The Labute approximate surface area is 231 Å². The van der Waals surface area contributed by atoms with Crippen molar-refractivity contribution in [2.75, 3.05) is 5.32 Å². The Balaban J connectivity index is 1.83. The van der Waals surface area contributed by atoms with Gasteiger partial charge in [-0.2, -0.15) is 5.26 Å². The highest BCUT2D eigenvalue weighted by atomic mass is 35.5. The molecule has 0 spiro atoms. The van der Waals surface area contributed by atoms with Crippen LogP contribution in [-0.4, -0.2) is 29.4 Å². The lowest BCUT2D eigenvalue weighted by atomic mass is 9.85. The molecule has 0 radical (unpaired) electrons. The Kier molecular flexibility index (Phi) is 9.44. The first-order valence-corrected chi connectivity index (χ1v) is 12.6. The van der Waals surface area contributed by atoms with Crippen LogP contribution in [0.5, 0.6) is 0 Å². The maximum Gasteiger partial charge on any atom is 0.344 e. The van der Waals surface area contributed by atoms with E-state index < -0.39 is 40.8 Å². The highest BCUT2D eigenvalue weighted by molar-refractivity contribution is 6.30. The van der Waals surface area contributed by atoms with Crippen molar-refractivity contribution >= 4 is 35.1 Å². The maximum absolute atomic E-state index is 14.5. The van der Waals surface area contributed by atoms with Gasteiger partial charge >= 0.3 is 5.97 Å². The van der Waals surface area contributed by atoms with Gasteiger partial charge in [0.05, 0.1) is 17.3 Å². The molecule has 0 heterocycles. The van der Waals surface area contributed by atoms with E-state index in [1.165, 1.54) is 32.9 Å². The summed E-state index contributed by atoms with van der Waals surface area (Å²) in [5, 5.41) is 15.3. The molecule has 0 saturated heterocycles. The zero-order chi connectivity index (χ0) is 28.7. The van der Waals surface area contributed by atoms with Crippen LogP contribution in [0.1, 0.15) is 60.7 Å². The molecule has 3 rings (SSSR count). The van der Waals surface area contributed by atoms with E-state index in [4.69, 9.17) is 16.3 Å². The van der Waals surface area contributed by atoms with Gasteiger partial charge in [0.25, 0.3) is 5.91 Å². The van der Waals surface area contributed by atoms with Gasteiger partial charge in [0.15, 0.2) is 5.60 Å². The number of ether oxygens (including phenoxy) is 1. The van der Waals surface area contributed by atoms with Crippen LogP contribution in [0.2, 0.25) is 5.02 Å². The molecule has 2 N–H and O–H groups in total. The molecule has 2 unspecified atom stereocenters. The van der Waals surface area contributed by atoms with Crippen LogP contribution in [0.15, 0.2) is 66.7 Å². The summed E-state index contributed by atoms with van der Waals surface area (Å²) in [7, 11) is 0. The van der Waals surface area contributed by atoms with E-state index in [9.17, 15) is 24.0 Å². The van der Waals surface area contributed by atoms with Crippen molar-refractivity contribution in [3.05, 3.63) is 99.8 Å². The van der Waals surface area contributed by atoms with Gasteiger partial charge in [-0.25, -0.2) is 9.18 Å². The number of hydrogen-bond donors (Lipinski definition) is 2. The second-order valence-corrected chi connectivity index (χ2v) is 10.1. The fourth-order valence-corrected chi connectivity index (χ4v) is 4.26. The summed E-state index contributed by atoms with van der Waals surface area (Å²) in [5.74, 6) is -3.32. The van der Waals surface area contributed by atoms with Gasteiger partial charge in [0.1, 0.15) is 11.4 Å². The van der Waals surface area contributed by atoms with E-state index in [1.54, 1.807) is 30.3 Å². The molecule has 2 atom stereocenters. The number of rotatable bonds is 9. The van der Waals surface area contributed by atoms with Crippen LogP contribution in [0, 0.1) is 17.1 Å². The Morgan fingerprint density at radius 1 is 1.08 bits per heavy atom. The van der Waals surface area contributed by atoms with Gasteiger partial charge in [-0.05, 0) is 74.7 Å². The van der Waals surface area contributed by atoms with E-state index in [0.717, 1.165) is 17.2 Å². The third-order valence-electron chi connectivity index (χ3n) is 6.20. The number of esters is 1. The summed E-state index contributed by atoms with van der Waals surface area (Å²) in [4.78, 5) is 37.8. The fourth-order valence-electron chi connectivity index (χ4n) is 4.13. The predicted molar refractivity (Wildman–Crippen MR) is 147 cm³/mol. The molecule has 0 aromatic heterocycles. The summed E-state index contributed by atoms with van der Waals surface area (Å²) < 4.78 is 20.0.